The summed E-state index contributed by atoms with van der Waals surface area (Å²) in [5, 5.41) is 6.31. The summed E-state index contributed by atoms with van der Waals surface area (Å²) in [5.41, 5.74) is 0. The van der Waals surface area contributed by atoms with Crippen LogP contribution in [0, 0.1) is 0 Å². The molecule has 0 aliphatic heterocycles. The van der Waals surface area contributed by atoms with Gasteiger partial charge in [-0.3, -0.25) is 0 Å². The summed E-state index contributed by atoms with van der Waals surface area (Å²) in [6, 6.07) is 6.10. The van der Waals surface area contributed by atoms with Gasteiger partial charge < -0.3 is 10.2 Å². The van der Waals surface area contributed by atoms with Gasteiger partial charge in [0.1, 0.15) is 11.6 Å². The van der Waals surface area contributed by atoms with Crippen molar-refractivity contribution in [2.45, 2.75) is 19.9 Å². The van der Waals surface area contributed by atoms with E-state index >= 15 is 0 Å². The summed E-state index contributed by atoms with van der Waals surface area (Å²) in [6.45, 7) is 4.90. The number of aromatic nitrogens is 1. The highest BCUT2D eigenvalue weighted by molar-refractivity contribution is 7.10. The second-order valence-corrected chi connectivity index (χ2v) is 6.25. The van der Waals surface area contributed by atoms with Gasteiger partial charge >= 0.3 is 0 Å². The van der Waals surface area contributed by atoms with Gasteiger partial charge in [-0.2, -0.15) is 0 Å². The van der Waals surface area contributed by atoms with E-state index in [9.17, 15) is 0 Å². The van der Waals surface area contributed by atoms with Crippen LogP contribution in [0.25, 0.3) is 0 Å². The van der Waals surface area contributed by atoms with Crippen molar-refractivity contribution in [1.29, 1.82) is 0 Å². The van der Waals surface area contributed by atoms with E-state index in [0.29, 0.717) is 15.9 Å². The van der Waals surface area contributed by atoms with Crippen LogP contribution < -0.4 is 10.2 Å². The summed E-state index contributed by atoms with van der Waals surface area (Å²) in [5.74, 6) is 1.40. The normalized spacial score (nSPS) is 12.2. The number of halogens is 2. The lowest BCUT2D eigenvalue weighted by molar-refractivity contribution is 0.742. The van der Waals surface area contributed by atoms with Gasteiger partial charge in [0.15, 0.2) is 0 Å². The zero-order valence-corrected chi connectivity index (χ0v) is 14.0. The lowest BCUT2D eigenvalue weighted by Gasteiger charge is -2.26. The average Bonchev–Trinajstić information content (AvgIpc) is 2.94. The summed E-state index contributed by atoms with van der Waals surface area (Å²) in [4.78, 5) is 7.88. The van der Waals surface area contributed by atoms with Crippen LogP contribution in [0.5, 0.6) is 0 Å². The average molecular weight is 330 g/mol. The first-order valence-corrected chi connectivity index (χ1v) is 8.04. The first kappa shape index (κ1) is 15.4. The minimum Gasteiger partial charge on any atom is -0.369 e. The van der Waals surface area contributed by atoms with Crippen molar-refractivity contribution in [3.63, 3.8) is 0 Å². The maximum Gasteiger partial charge on any atom is 0.150 e. The van der Waals surface area contributed by atoms with E-state index in [-0.39, 0.29) is 6.04 Å². The Morgan fingerprint density at radius 2 is 2.15 bits per heavy atom. The zero-order chi connectivity index (χ0) is 14.7. The Morgan fingerprint density at radius 3 is 2.75 bits per heavy atom. The number of hydrogen-bond donors (Lipinski definition) is 1. The van der Waals surface area contributed by atoms with Gasteiger partial charge in [0.05, 0.1) is 16.1 Å². The highest BCUT2D eigenvalue weighted by Crippen LogP contribution is 2.35. The summed E-state index contributed by atoms with van der Waals surface area (Å²) in [6.07, 6.45) is 0. The van der Waals surface area contributed by atoms with Gasteiger partial charge in [-0.25, -0.2) is 4.98 Å². The zero-order valence-electron chi connectivity index (χ0n) is 11.7. The Kier molecular flexibility index (Phi) is 5.13. The first-order chi connectivity index (χ1) is 9.54. The third kappa shape index (κ3) is 3.19. The van der Waals surface area contributed by atoms with Gasteiger partial charge in [0.2, 0.25) is 0 Å². The Bertz CT molecular complexity index is 572. The molecule has 0 aromatic carbocycles. The maximum absolute atomic E-state index is 6.29. The molecule has 3 nitrogen and oxygen atoms in total. The van der Waals surface area contributed by atoms with Crippen molar-refractivity contribution in [2.24, 2.45) is 0 Å². The molecule has 1 atom stereocenters. The molecule has 2 aromatic rings. The van der Waals surface area contributed by atoms with E-state index in [1.54, 1.807) is 17.4 Å². The van der Waals surface area contributed by atoms with Gasteiger partial charge in [-0.1, -0.05) is 29.3 Å². The Hall–Kier alpha value is -0.970. The van der Waals surface area contributed by atoms with E-state index in [1.807, 2.05) is 20.0 Å². The van der Waals surface area contributed by atoms with Crippen LogP contribution in [0.4, 0.5) is 11.6 Å². The predicted molar refractivity (Wildman–Crippen MR) is 89.6 cm³/mol. The molecule has 108 valence electrons. The van der Waals surface area contributed by atoms with Crippen molar-refractivity contribution < 1.29 is 0 Å². The Morgan fingerprint density at radius 1 is 1.40 bits per heavy atom. The fourth-order valence-electron chi connectivity index (χ4n) is 1.90. The van der Waals surface area contributed by atoms with Crippen molar-refractivity contribution in [1.82, 2.24) is 4.98 Å². The van der Waals surface area contributed by atoms with E-state index < -0.39 is 0 Å². The molecule has 1 N–H and O–H groups in total. The number of nitrogens with zero attached hydrogens (tertiary/aromatic N) is 2. The quantitative estimate of drug-likeness (QED) is 0.829. The van der Waals surface area contributed by atoms with Crippen molar-refractivity contribution in [2.75, 3.05) is 23.8 Å². The van der Waals surface area contributed by atoms with Crippen LogP contribution in [0.2, 0.25) is 10.0 Å². The Balaban J connectivity index is 2.33. The third-order valence-corrected chi connectivity index (χ3v) is 4.73. The minimum atomic E-state index is 0.204. The molecule has 0 bridgehead atoms. The SMILES string of the molecule is CCNc1nc(N(C)C(C)c2cccs2)c(Cl)cc1Cl. The molecule has 0 spiro atoms. The molecule has 0 saturated carbocycles. The van der Waals surface area contributed by atoms with Gasteiger partial charge in [0.25, 0.3) is 0 Å². The monoisotopic (exact) mass is 329 g/mol. The number of pyridine rings is 1. The number of thiophene rings is 1. The second kappa shape index (κ2) is 6.66. The Labute approximate surface area is 133 Å². The lowest BCUT2D eigenvalue weighted by Crippen LogP contribution is -2.22. The molecule has 0 aliphatic carbocycles. The molecule has 2 heterocycles. The van der Waals surface area contributed by atoms with Gasteiger partial charge in [-0.05, 0) is 31.4 Å². The van der Waals surface area contributed by atoms with Gasteiger partial charge in [0, 0.05) is 18.5 Å². The molecular formula is C14H17Cl2N3S. The molecule has 6 heteroatoms. The van der Waals surface area contributed by atoms with Crippen LogP contribution >= 0.6 is 34.5 Å². The third-order valence-electron chi connectivity index (χ3n) is 3.13. The summed E-state index contributed by atoms with van der Waals surface area (Å²) < 4.78 is 0. The topological polar surface area (TPSA) is 28.2 Å². The summed E-state index contributed by atoms with van der Waals surface area (Å²) in [7, 11) is 1.99. The highest BCUT2D eigenvalue weighted by atomic mass is 35.5. The smallest absolute Gasteiger partial charge is 0.150 e. The van der Waals surface area contributed by atoms with Crippen LogP contribution in [0.15, 0.2) is 23.6 Å². The molecule has 2 rings (SSSR count). The molecule has 2 aromatic heterocycles. The summed E-state index contributed by atoms with van der Waals surface area (Å²) >= 11 is 14.2. The molecule has 0 aliphatic rings. The number of anilines is 2. The van der Waals surface area contributed by atoms with Crippen LogP contribution in [-0.2, 0) is 0 Å². The van der Waals surface area contributed by atoms with E-state index in [1.165, 1.54) is 4.88 Å². The van der Waals surface area contributed by atoms with Crippen molar-refractivity contribution >= 4 is 46.2 Å². The minimum absolute atomic E-state index is 0.204. The van der Waals surface area contributed by atoms with Crippen molar-refractivity contribution in [3.05, 3.63) is 38.5 Å². The first-order valence-electron chi connectivity index (χ1n) is 6.40. The molecule has 0 fully saturated rings. The molecule has 20 heavy (non-hydrogen) atoms. The molecule has 0 radical (unpaired) electrons. The predicted octanol–water partition coefficient (Wildman–Crippen LogP) is 5.08. The van der Waals surface area contributed by atoms with Crippen molar-refractivity contribution in [3.8, 4) is 0 Å². The maximum atomic E-state index is 6.29. The number of nitrogens with one attached hydrogen (secondary N) is 1. The standard InChI is InChI=1S/C14H17Cl2N3S/c1-4-17-13-10(15)8-11(16)14(18-13)19(3)9(2)12-6-5-7-20-12/h5-9H,4H2,1-3H3,(H,17,18). The largest absolute Gasteiger partial charge is 0.369 e. The van der Waals surface area contributed by atoms with E-state index in [4.69, 9.17) is 23.2 Å². The van der Waals surface area contributed by atoms with Crippen LogP contribution in [-0.4, -0.2) is 18.6 Å². The van der Waals surface area contributed by atoms with E-state index in [2.05, 4.69) is 33.6 Å². The molecule has 0 amide bonds. The second-order valence-electron chi connectivity index (χ2n) is 4.46. The van der Waals surface area contributed by atoms with Gasteiger partial charge in [-0.15, -0.1) is 11.3 Å². The molecule has 1 unspecified atom stereocenters. The fourth-order valence-corrected chi connectivity index (χ4v) is 3.28. The lowest BCUT2D eigenvalue weighted by atomic mass is 10.2. The highest BCUT2D eigenvalue weighted by Gasteiger charge is 2.18. The fraction of sp³-hybridized carbons (Fsp3) is 0.357. The van der Waals surface area contributed by atoms with Crippen LogP contribution in [0.1, 0.15) is 24.8 Å². The molecule has 0 saturated heterocycles. The molecular weight excluding hydrogens is 313 g/mol. The van der Waals surface area contributed by atoms with Crippen LogP contribution in [0.3, 0.4) is 0 Å². The van der Waals surface area contributed by atoms with E-state index in [0.717, 1.165) is 12.4 Å². The number of hydrogen-bond acceptors (Lipinski definition) is 4. The number of rotatable bonds is 5.